The quantitative estimate of drug-likeness (QED) is 0.0856. The molecule has 0 spiro atoms. The molecule has 340 valence electrons. The molecule has 6 nitrogen and oxygen atoms in total. The molecule has 2 fully saturated rings. The van der Waals surface area contributed by atoms with Crippen LogP contribution in [-0.2, 0) is 23.7 Å². The average Bonchev–Trinajstić information content (AvgIpc) is 3.34. The van der Waals surface area contributed by atoms with E-state index in [1.807, 2.05) is 30.3 Å². The number of amides is 1. The minimum Gasteiger partial charge on any atom is -0.350 e. The molecule has 2 aliphatic heterocycles. The lowest BCUT2D eigenvalue weighted by Crippen LogP contribution is -2.56. The number of carbonyl (C=O) groups is 1. The van der Waals surface area contributed by atoms with Gasteiger partial charge < -0.3 is 24.3 Å². The van der Waals surface area contributed by atoms with Crippen molar-refractivity contribution in [3.05, 3.63) is 48.0 Å². The van der Waals surface area contributed by atoms with Crippen LogP contribution in [0.5, 0.6) is 0 Å². The van der Waals surface area contributed by atoms with Gasteiger partial charge in [0.2, 0.25) is 0 Å². The van der Waals surface area contributed by atoms with E-state index >= 15 is 0 Å². The molecule has 0 saturated carbocycles. The normalized spacial score (nSPS) is 19.3. The van der Waals surface area contributed by atoms with Crippen molar-refractivity contribution >= 4 is 5.91 Å². The lowest BCUT2D eigenvalue weighted by molar-refractivity contribution is -0.343. The van der Waals surface area contributed by atoms with Crippen LogP contribution in [0.1, 0.15) is 124 Å². The van der Waals surface area contributed by atoms with Gasteiger partial charge in [0, 0.05) is 52.9 Å². The fourth-order valence-corrected chi connectivity index (χ4v) is 7.06. The molecule has 2 heterocycles. The highest BCUT2D eigenvalue weighted by atomic mass is 16.7. The molecule has 2 aliphatic rings. The number of fused-ring (bicyclic) bond motifs is 1. The number of rotatable bonds is 19. The summed E-state index contributed by atoms with van der Waals surface area (Å²) in [6.07, 6.45) is 17.1. The van der Waals surface area contributed by atoms with Crippen LogP contribution >= 0.6 is 0 Å². The number of allylic oxidation sites excluding steroid dienone is 2. The Morgan fingerprint density at radius 3 is 1.72 bits per heavy atom. The van der Waals surface area contributed by atoms with Gasteiger partial charge in [0.1, 0.15) is 6.10 Å². The Labute approximate surface area is 403 Å². The number of ether oxygens (including phenoxy) is 4. The van der Waals surface area contributed by atoms with Crippen LogP contribution in [0.4, 0.5) is 0 Å². The zero-order chi connectivity index (χ0) is 48.0. The summed E-state index contributed by atoms with van der Waals surface area (Å²) >= 11 is 0. The molecule has 6 unspecified atom stereocenters. The van der Waals surface area contributed by atoms with Crippen LogP contribution in [0.3, 0.4) is 0 Å². The molecule has 1 N–H and O–H groups in total. The predicted octanol–water partition coefficient (Wildman–Crippen LogP) is 8.80. The summed E-state index contributed by atoms with van der Waals surface area (Å²) in [4.78, 5) is 13.2. The second-order valence-electron chi connectivity index (χ2n) is 16.1. The van der Waals surface area contributed by atoms with E-state index in [9.17, 15) is 4.79 Å². The maximum absolute atomic E-state index is 13.2. The van der Waals surface area contributed by atoms with E-state index in [2.05, 4.69) is 194 Å². The Bertz CT molecular complexity index is 2570. The van der Waals surface area contributed by atoms with E-state index in [0.717, 1.165) is 18.4 Å². The summed E-state index contributed by atoms with van der Waals surface area (Å²) < 4.78 is 25.5. The van der Waals surface area contributed by atoms with Crippen molar-refractivity contribution in [2.24, 2.45) is 23.7 Å². The van der Waals surface area contributed by atoms with Crippen molar-refractivity contribution in [1.82, 2.24) is 5.32 Å². The van der Waals surface area contributed by atoms with Crippen LogP contribution in [0, 0.1) is 166 Å². The van der Waals surface area contributed by atoms with Crippen molar-refractivity contribution in [2.45, 2.75) is 143 Å². The number of benzene rings is 1. The highest BCUT2D eigenvalue weighted by molar-refractivity contribution is 5.94. The Morgan fingerprint density at radius 2 is 1.18 bits per heavy atom. The maximum Gasteiger partial charge on any atom is 0.297 e. The van der Waals surface area contributed by atoms with Gasteiger partial charge in [0.25, 0.3) is 5.91 Å². The first kappa shape index (κ1) is 54.3. The summed E-state index contributed by atoms with van der Waals surface area (Å²) in [5.74, 6) is 61.5. The average molecular weight is 888 g/mol. The maximum atomic E-state index is 13.2. The van der Waals surface area contributed by atoms with Gasteiger partial charge in [0.15, 0.2) is 12.6 Å². The third-order valence-electron chi connectivity index (χ3n) is 11.3. The third kappa shape index (κ3) is 23.7. The van der Waals surface area contributed by atoms with Crippen LogP contribution in [-0.4, -0.2) is 43.7 Å². The highest BCUT2D eigenvalue weighted by Crippen LogP contribution is 2.39. The zero-order valence-electron chi connectivity index (χ0n) is 40.0. The SMILES string of the molecule is CC#CC#CC#CC#CC#CC#CC#CC#CC#CC#CC#CC#CC(=O)N[C@@H](COC1OC2COC(c3ccccc3)OC2C(C)C1C)[C@H](C)[C@H](C)C/C=C/CCCCCCCCCCC. The number of nitrogens with one attached hydrogen (secondary N) is 1. The highest BCUT2D eigenvalue weighted by Gasteiger charge is 2.47. The molecule has 6 heteroatoms. The van der Waals surface area contributed by atoms with Gasteiger partial charge in [-0.25, -0.2) is 0 Å². The lowest BCUT2D eigenvalue weighted by Gasteiger charge is -2.48. The number of unbranched alkanes of at least 4 members (excludes halogenated alkanes) is 9. The molecule has 9 atom stereocenters. The van der Waals surface area contributed by atoms with Crippen molar-refractivity contribution < 1.29 is 23.7 Å². The molecule has 67 heavy (non-hydrogen) atoms. The summed E-state index contributed by atoms with van der Waals surface area (Å²) in [6.45, 7) is 13.3. The van der Waals surface area contributed by atoms with Gasteiger partial charge in [-0.2, -0.15) is 0 Å². The molecular weight excluding hydrogens is 827 g/mol. The fourth-order valence-electron chi connectivity index (χ4n) is 7.06. The largest absolute Gasteiger partial charge is 0.350 e. The first-order chi connectivity index (χ1) is 32.8. The van der Waals surface area contributed by atoms with Gasteiger partial charge in [0.05, 0.1) is 25.4 Å². The number of hydrogen-bond acceptors (Lipinski definition) is 5. The van der Waals surface area contributed by atoms with Crippen LogP contribution in [0.25, 0.3) is 0 Å². The Balaban J connectivity index is 1.55. The smallest absolute Gasteiger partial charge is 0.297 e. The van der Waals surface area contributed by atoms with Crippen molar-refractivity contribution in [1.29, 1.82) is 0 Å². The molecule has 0 aliphatic carbocycles. The fraction of sp³-hybridized carbons (Fsp3) is 0.459. The standard InChI is InChI=1S/C61H61NO5/c1-7-9-11-13-15-17-19-21-22-23-24-25-26-27-28-29-30-31-33-35-37-39-44-48-58(63)62-56(52(4)51(3)45-41-38-36-34-32-20-18-16-14-12-10-8-2)49-64-60-54(6)53(5)59-57(66-60)50-65-61(67-59)55-46-42-40-43-47-55/h38,40-43,46-47,51-54,56-57,59-61H,8,10,12,14,16,18,20,32,34,36,45,49-50H2,1-6H3,(H,62,63)/b41-38+/t51-,52-,53?,54?,56+,57?,59?,60?,61?/m1/s1. The Kier molecular flexibility index (Phi) is 28.6. The second kappa shape index (κ2) is 35.3. The molecule has 0 radical (unpaired) electrons. The van der Waals surface area contributed by atoms with Crippen molar-refractivity contribution in [3.63, 3.8) is 0 Å². The van der Waals surface area contributed by atoms with E-state index in [4.69, 9.17) is 18.9 Å². The Morgan fingerprint density at radius 1 is 0.672 bits per heavy atom. The minimum absolute atomic E-state index is 0.0354. The lowest BCUT2D eigenvalue weighted by atomic mass is 9.84. The molecule has 1 aromatic carbocycles. The molecule has 1 amide bonds. The molecular formula is C61H61NO5. The van der Waals surface area contributed by atoms with Gasteiger partial charge in [-0.3, -0.25) is 4.79 Å². The topological polar surface area (TPSA) is 66.0 Å². The number of carbonyl (C=O) groups excluding carboxylic acids is 1. The van der Waals surface area contributed by atoms with Crippen molar-refractivity contribution in [3.8, 4) is 142 Å². The van der Waals surface area contributed by atoms with E-state index in [1.165, 1.54) is 57.8 Å². The molecule has 0 aromatic heterocycles. The first-order valence-corrected chi connectivity index (χ1v) is 23.3. The van der Waals surface area contributed by atoms with Gasteiger partial charge in [-0.05, 0) is 139 Å². The van der Waals surface area contributed by atoms with Crippen LogP contribution < -0.4 is 5.32 Å². The summed E-state index contributed by atoms with van der Waals surface area (Å²) in [5, 5.41) is 3.10. The van der Waals surface area contributed by atoms with E-state index < -0.39 is 18.5 Å². The van der Waals surface area contributed by atoms with Crippen LogP contribution in [0.2, 0.25) is 0 Å². The summed E-state index contributed by atoms with van der Waals surface area (Å²) in [7, 11) is 0. The predicted molar refractivity (Wildman–Crippen MR) is 268 cm³/mol. The molecule has 0 bridgehead atoms. The van der Waals surface area contributed by atoms with Gasteiger partial charge in [-0.15, -0.1) is 0 Å². The molecule has 1 aromatic rings. The second-order valence-corrected chi connectivity index (χ2v) is 16.1. The summed E-state index contributed by atoms with van der Waals surface area (Å²) in [6, 6.07) is 9.64. The van der Waals surface area contributed by atoms with E-state index in [1.54, 1.807) is 6.92 Å². The zero-order valence-corrected chi connectivity index (χ0v) is 40.0. The monoisotopic (exact) mass is 887 g/mol. The minimum atomic E-state index is -0.497. The first-order valence-electron chi connectivity index (χ1n) is 23.3. The Hall–Kier alpha value is -7.01. The van der Waals surface area contributed by atoms with Crippen LogP contribution in [0.15, 0.2) is 42.5 Å². The van der Waals surface area contributed by atoms with E-state index in [0.29, 0.717) is 6.61 Å². The molecule has 2 saturated heterocycles. The summed E-state index contributed by atoms with van der Waals surface area (Å²) in [5.41, 5.74) is 0.985. The molecule has 3 rings (SSSR count). The van der Waals surface area contributed by atoms with Gasteiger partial charge in [-0.1, -0.05) is 134 Å². The van der Waals surface area contributed by atoms with Crippen molar-refractivity contribution in [2.75, 3.05) is 13.2 Å². The van der Waals surface area contributed by atoms with Gasteiger partial charge >= 0.3 is 0 Å². The van der Waals surface area contributed by atoms with E-state index in [-0.39, 0.29) is 48.5 Å². The number of hydrogen-bond donors (Lipinski definition) is 1. The third-order valence-corrected chi connectivity index (χ3v) is 11.3.